The van der Waals surface area contributed by atoms with E-state index in [1.54, 1.807) is 36.3 Å². The van der Waals surface area contributed by atoms with Crippen molar-refractivity contribution in [3.05, 3.63) is 28.7 Å². The minimum atomic E-state index is -0.453. The Labute approximate surface area is 168 Å². The Morgan fingerprint density at radius 1 is 1.25 bits per heavy atom. The number of benzene rings is 1. The van der Waals surface area contributed by atoms with Gasteiger partial charge in [0.1, 0.15) is 18.0 Å². The summed E-state index contributed by atoms with van der Waals surface area (Å²) < 4.78 is 10.5. The molecule has 2 aliphatic rings. The Hall–Kier alpha value is -2.48. The predicted molar refractivity (Wildman–Crippen MR) is 107 cm³/mol. The highest BCUT2D eigenvalue weighted by Gasteiger charge is 2.38. The van der Waals surface area contributed by atoms with Crippen LogP contribution in [0, 0.1) is 0 Å². The highest BCUT2D eigenvalue weighted by molar-refractivity contribution is 8.18. The number of imide groups is 1. The molecule has 2 fully saturated rings. The summed E-state index contributed by atoms with van der Waals surface area (Å²) in [6.45, 7) is 2.46. The van der Waals surface area contributed by atoms with Gasteiger partial charge in [-0.3, -0.25) is 19.3 Å². The fourth-order valence-electron chi connectivity index (χ4n) is 3.41. The summed E-state index contributed by atoms with van der Waals surface area (Å²) in [5.41, 5.74) is 0.657. The number of carbonyl (C=O) groups is 3. The number of carbonyl (C=O) groups excluding carboxylic acids is 3. The fourth-order valence-corrected chi connectivity index (χ4v) is 4.24. The second kappa shape index (κ2) is 8.68. The van der Waals surface area contributed by atoms with Gasteiger partial charge in [-0.2, -0.15) is 0 Å². The number of methoxy groups -OCH3 is 2. The van der Waals surface area contributed by atoms with Gasteiger partial charge in [0.2, 0.25) is 5.91 Å². The van der Waals surface area contributed by atoms with Crippen LogP contribution in [0.4, 0.5) is 4.79 Å². The van der Waals surface area contributed by atoms with Gasteiger partial charge in [0.25, 0.3) is 11.1 Å². The number of amides is 3. The zero-order valence-corrected chi connectivity index (χ0v) is 17.1. The summed E-state index contributed by atoms with van der Waals surface area (Å²) >= 11 is 0.836. The first-order valence-electron chi connectivity index (χ1n) is 9.21. The van der Waals surface area contributed by atoms with Crippen molar-refractivity contribution in [2.24, 2.45) is 0 Å². The van der Waals surface area contributed by atoms with E-state index in [1.165, 1.54) is 7.11 Å². The van der Waals surface area contributed by atoms with E-state index in [1.807, 2.05) is 6.92 Å². The molecule has 0 N–H and O–H groups in total. The number of hydrogen-bond acceptors (Lipinski definition) is 6. The molecule has 1 aromatic rings. The fraction of sp³-hybridized carbons (Fsp3) is 0.450. The van der Waals surface area contributed by atoms with Crippen molar-refractivity contribution in [1.82, 2.24) is 9.80 Å². The third kappa shape index (κ3) is 4.16. The highest BCUT2D eigenvalue weighted by Crippen LogP contribution is 2.35. The topological polar surface area (TPSA) is 76.2 Å². The molecule has 0 bridgehead atoms. The molecule has 0 aliphatic carbocycles. The molecule has 0 unspecified atom stereocenters. The molecule has 1 atom stereocenters. The first kappa shape index (κ1) is 20.3. The van der Waals surface area contributed by atoms with Crippen molar-refractivity contribution in [2.45, 2.75) is 32.2 Å². The molecule has 2 heterocycles. The molecule has 1 aromatic carbocycles. The van der Waals surface area contributed by atoms with Gasteiger partial charge in [0.05, 0.1) is 19.1 Å². The van der Waals surface area contributed by atoms with Gasteiger partial charge < -0.3 is 14.4 Å². The predicted octanol–water partition coefficient (Wildman–Crippen LogP) is 3.14. The Morgan fingerprint density at radius 2 is 2.04 bits per heavy atom. The average molecular weight is 404 g/mol. The average Bonchev–Trinajstić information content (AvgIpc) is 2.96. The molecule has 8 heteroatoms. The highest BCUT2D eigenvalue weighted by atomic mass is 32.2. The van der Waals surface area contributed by atoms with Gasteiger partial charge in [-0.05, 0) is 56.2 Å². The molecule has 7 nitrogen and oxygen atoms in total. The maximum Gasteiger partial charge on any atom is 0.294 e. The van der Waals surface area contributed by atoms with Crippen molar-refractivity contribution in [3.63, 3.8) is 0 Å². The summed E-state index contributed by atoms with van der Waals surface area (Å²) in [6, 6.07) is 5.35. The second-order valence-corrected chi connectivity index (χ2v) is 7.80. The van der Waals surface area contributed by atoms with Crippen molar-refractivity contribution in [1.29, 1.82) is 0 Å². The molecule has 0 saturated carbocycles. The molecular formula is C20H24N2O5S. The lowest BCUT2D eigenvalue weighted by atomic mass is 10.0. The van der Waals surface area contributed by atoms with Gasteiger partial charge in [-0.1, -0.05) is 0 Å². The summed E-state index contributed by atoms with van der Waals surface area (Å²) in [7, 11) is 3.08. The van der Waals surface area contributed by atoms with Crippen LogP contribution in [0.3, 0.4) is 0 Å². The molecule has 0 aromatic heterocycles. The van der Waals surface area contributed by atoms with Crippen molar-refractivity contribution >= 4 is 34.9 Å². The third-order valence-corrected chi connectivity index (χ3v) is 5.92. The van der Waals surface area contributed by atoms with Crippen LogP contribution in [0.1, 0.15) is 31.7 Å². The van der Waals surface area contributed by atoms with Gasteiger partial charge in [-0.25, -0.2) is 0 Å². The number of thioether (sulfide) groups is 1. The van der Waals surface area contributed by atoms with Crippen LogP contribution in [0.5, 0.6) is 11.5 Å². The Balaban J connectivity index is 1.76. The normalized spacial score (nSPS) is 21.4. The Kier molecular flexibility index (Phi) is 6.28. The van der Waals surface area contributed by atoms with Crippen LogP contribution < -0.4 is 9.47 Å². The maximum atomic E-state index is 12.7. The summed E-state index contributed by atoms with van der Waals surface area (Å²) in [4.78, 5) is 40.7. The smallest absolute Gasteiger partial charge is 0.294 e. The van der Waals surface area contributed by atoms with Crippen LogP contribution in [-0.2, 0) is 9.59 Å². The SMILES string of the molecule is COc1ccc(/C=C2\SC(=O)N(CC(=O)N3CCCC[C@@H]3C)C2=O)c(OC)c1. The standard InChI is InChI=1S/C20H24N2O5S/c1-13-6-4-5-9-21(13)18(23)12-22-19(24)17(28-20(22)25)10-14-7-8-15(26-2)11-16(14)27-3/h7-8,10-11,13H,4-6,9,12H2,1-3H3/b17-10-/t13-/m0/s1. The molecule has 28 heavy (non-hydrogen) atoms. The Bertz CT molecular complexity index is 823. The number of rotatable bonds is 5. The Morgan fingerprint density at radius 3 is 2.71 bits per heavy atom. The lowest BCUT2D eigenvalue weighted by Crippen LogP contribution is -2.47. The van der Waals surface area contributed by atoms with E-state index >= 15 is 0 Å². The van der Waals surface area contributed by atoms with Gasteiger partial charge in [0.15, 0.2) is 0 Å². The summed E-state index contributed by atoms with van der Waals surface area (Å²) in [6.07, 6.45) is 4.61. The second-order valence-electron chi connectivity index (χ2n) is 6.81. The van der Waals surface area contributed by atoms with E-state index in [0.717, 1.165) is 35.9 Å². The van der Waals surface area contributed by atoms with Crippen LogP contribution in [0.25, 0.3) is 6.08 Å². The van der Waals surface area contributed by atoms with Crippen LogP contribution >= 0.6 is 11.8 Å². The van der Waals surface area contributed by atoms with E-state index in [2.05, 4.69) is 0 Å². The molecule has 150 valence electrons. The number of piperidine rings is 1. The van der Waals surface area contributed by atoms with E-state index in [9.17, 15) is 14.4 Å². The third-order valence-electron chi connectivity index (χ3n) is 5.02. The quantitative estimate of drug-likeness (QED) is 0.702. The van der Waals surface area contributed by atoms with E-state index < -0.39 is 11.1 Å². The molecule has 0 radical (unpaired) electrons. The molecular weight excluding hydrogens is 380 g/mol. The van der Waals surface area contributed by atoms with Gasteiger partial charge >= 0.3 is 0 Å². The van der Waals surface area contributed by atoms with Crippen LogP contribution in [-0.4, -0.2) is 60.2 Å². The molecule has 3 amide bonds. The van der Waals surface area contributed by atoms with Crippen LogP contribution in [0.2, 0.25) is 0 Å². The van der Waals surface area contributed by atoms with E-state index in [4.69, 9.17) is 9.47 Å². The molecule has 3 rings (SSSR count). The number of nitrogens with zero attached hydrogens (tertiary/aromatic N) is 2. The van der Waals surface area contributed by atoms with Gasteiger partial charge in [0, 0.05) is 24.2 Å². The first-order valence-corrected chi connectivity index (χ1v) is 10.0. The molecule has 2 aliphatic heterocycles. The van der Waals surface area contributed by atoms with Gasteiger partial charge in [-0.15, -0.1) is 0 Å². The summed E-state index contributed by atoms with van der Waals surface area (Å²) in [5.74, 6) is 0.524. The summed E-state index contributed by atoms with van der Waals surface area (Å²) in [5, 5.41) is -0.429. The van der Waals surface area contributed by atoms with Crippen molar-refractivity contribution in [3.8, 4) is 11.5 Å². The maximum absolute atomic E-state index is 12.7. The van der Waals surface area contributed by atoms with E-state index in [0.29, 0.717) is 23.6 Å². The van der Waals surface area contributed by atoms with Crippen molar-refractivity contribution in [2.75, 3.05) is 27.3 Å². The zero-order chi connectivity index (χ0) is 20.3. The lowest BCUT2D eigenvalue weighted by molar-refractivity contribution is -0.138. The number of hydrogen-bond donors (Lipinski definition) is 0. The number of ether oxygens (including phenoxy) is 2. The molecule has 0 spiro atoms. The first-order chi connectivity index (χ1) is 13.4. The monoisotopic (exact) mass is 404 g/mol. The van der Waals surface area contributed by atoms with Crippen molar-refractivity contribution < 1.29 is 23.9 Å². The number of likely N-dealkylation sites (tertiary alicyclic amines) is 1. The minimum absolute atomic E-state index is 0.139. The minimum Gasteiger partial charge on any atom is -0.497 e. The van der Waals surface area contributed by atoms with E-state index in [-0.39, 0.29) is 23.4 Å². The van der Waals surface area contributed by atoms with Crippen LogP contribution in [0.15, 0.2) is 23.1 Å². The molecule has 2 saturated heterocycles. The largest absolute Gasteiger partial charge is 0.497 e. The lowest BCUT2D eigenvalue weighted by Gasteiger charge is -2.34. The zero-order valence-electron chi connectivity index (χ0n) is 16.3.